The summed E-state index contributed by atoms with van der Waals surface area (Å²) >= 11 is 0. The molecule has 1 saturated heterocycles. The van der Waals surface area contributed by atoms with Gasteiger partial charge in [-0.05, 0) is 48.7 Å². The van der Waals surface area contributed by atoms with E-state index in [-0.39, 0.29) is 17.5 Å². The van der Waals surface area contributed by atoms with Gasteiger partial charge < -0.3 is 9.88 Å². The average molecular weight is 427 g/mol. The SMILES string of the molecule is O=C(c1ccc(=O)[nH]c1)N1CCC[C@@H]1c1cccc(Cc2ccc(C(F)(F)F)cc2)n1. The second kappa shape index (κ2) is 8.37. The van der Waals surface area contributed by atoms with Gasteiger partial charge in [-0.15, -0.1) is 0 Å². The first-order valence-corrected chi connectivity index (χ1v) is 9.93. The van der Waals surface area contributed by atoms with Gasteiger partial charge in [0.2, 0.25) is 5.56 Å². The molecule has 3 aromatic rings. The van der Waals surface area contributed by atoms with Crippen LogP contribution in [0.2, 0.25) is 0 Å². The summed E-state index contributed by atoms with van der Waals surface area (Å²) in [5, 5.41) is 0. The van der Waals surface area contributed by atoms with Crippen LogP contribution in [0.1, 0.15) is 51.8 Å². The average Bonchev–Trinajstić information content (AvgIpc) is 3.24. The smallest absolute Gasteiger partial charge is 0.330 e. The van der Waals surface area contributed by atoms with Crippen LogP contribution in [0.5, 0.6) is 0 Å². The van der Waals surface area contributed by atoms with Crippen molar-refractivity contribution in [2.75, 3.05) is 6.54 Å². The fourth-order valence-electron chi connectivity index (χ4n) is 3.83. The van der Waals surface area contributed by atoms with E-state index in [9.17, 15) is 22.8 Å². The molecule has 1 aliphatic heterocycles. The van der Waals surface area contributed by atoms with Gasteiger partial charge >= 0.3 is 6.18 Å². The molecule has 1 amide bonds. The Kier molecular flexibility index (Phi) is 5.63. The van der Waals surface area contributed by atoms with Crippen LogP contribution in [0.3, 0.4) is 0 Å². The van der Waals surface area contributed by atoms with Crippen molar-refractivity contribution in [3.63, 3.8) is 0 Å². The van der Waals surface area contributed by atoms with Crippen LogP contribution in [-0.4, -0.2) is 27.3 Å². The van der Waals surface area contributed by atoms with Crippen LogP contribution < -0.4 is 5.56 Å². The zero-order chi connectivity index (χ0) is 22.0. The Labute approximate surface area is 176 Å². The summed E-state index contributed by atoms with van der Waals surface area (Å²) in [7, 11) is 0. The van der Waals surface area contributed by atoms with Crippen molar-refractivity contribution in [3.8, 4) is 0 Å². The number of alkyl halides is 3. The molecule has 31 heavy (non-hydrogen) atoms. The van der Waals surface area contributed by atoms with E-state index in [4.69, 9.17) is 0 Å². The maximum Gasteiger partial charge on any atom is 0.416 e. The van der Waals surface area contributed by atoms with Crippen molar-refractivity contribution in [1.29, 1.82) is 0 Å². The van der Waals surface area contributed by atoms with E-state index in [1.54, 1.807) is 4.90 Å². The second-order valence-corrected chi connectivity index (χ2v) is 7.52. The van der Waals surface area contributed by atoms with Crippen LogP contribution in [-0.2, 0) is 12.6 Å². The molecule has 1 atom stereocenters. The molecule has 0 aliphatic carbocycles. The van der Waals surface area contributed by atoms with Gasteiger partial charge in [0.25, 0.3) is 5.91 Å². The number of pyridine rings is 2. The van der Waals surface area contributed by atoms with Crippen molar-refractivity contribution in [2.45, 2.75) is 31.5 Å². The summed E-state index contributed by atoms with van der Waals surface area (Å²) in [6.07, 6.45) is -0.946. The van der Waals surface area contributed by atoms with E-state index in [0.717, 1.165) is 41.9 Å². The van der Waals surface area contributed by atoms with Gasteiger partial charge in [0, 0.05) is 30.9 Å². The highest BCUT2D eigenvalue weighted by Crippen LogP contribution is 2.32. The van der Waals surface area contributed by atoms with Gasteiger partial charge in [0.15, 0.2) is 0 Å². The van der Waals surface area contributed by atoms with Crippen LogP contribution in [0.4, 0.5) is 13.2 Å². The van der Waals surface area contributed by atoms with E-state index in [1.807, 2.05) is 18.2 Å². The molecular weight excluding hydrogens is 407 g/mol. The number of rotatable bonds is 4. The minimum absolute atomic E-state index is 0.173. The van der Waals surface area contributed by atoms with Gasteiger partial charge in [-0.1, -0.05) is 18.2 Å². The van der Waals surface area contributed by atoms with Crippen LogP contribution in [0.15, 0.2) is 65.6 Å². The number of aromatic nitrogens is 2. The number of halogens is 3. The molecule has 4 rings (SSSR count). The predicted molar refractivity (Wildman–Crippen MR) is 109 cm³/mol. The van der Waals surface area contributed by atoms with Gasteiger partial charge in [0.1, 0.15) is 0 Å². The first-order valence-electron chi connectivity index (χ1n) is 9.93. The number of amides is 1. The lowest BCUT2D eigenvalue weighted by Gasteiger charge is -2.24. The van der Waals surface area contributed by atoms with E-state index >= 15 is 0 Å². The molecule has 1 aliphatic rings. The second-order valence-electron chi connectivity index (χ2n) is 7.52. The van der Waals surface area contributed by atoms with Crippen LogP contribution >= 0.6 is 0 Å². The molecule has 8 heteroatoms. The Bertz CT molecular complexity index is 1120. The highest BCUT2D eigenvalue weighted by molar-refractivity contribution is 5.94. The molecule has 0 bridgehead atoms. The van der Waals surface area contributed by atoms with E-state index < -0.39 is 11.7 Å². The minimum atomic E-state index is -4.36. The zero-order valence-corrected chi connectivity index (χ0v) is 16.5. The van der Waals surface area contributed by atoms with Gasteiger partial charge in [-0.25, -0.2) is 0 Å². The van der Waals surface area contributed by atoms with E-state index in [0.29, 0.717) is 18.5 Å². The first-order chi connectivity index (χ1) is 14.8. The van der Waals surface area contributed by atoms with E-state index in [1.165, 1.54) is 30.5 Å². The summed E-state index contributed by atoms with van der Waals surface area (Å²) in [6.45, 7) is 0.591. The Morgan fingerprint density at radius 3 is 2.55 bits per heavy atom. The van der Waals surface area contributed by atoms with Crippen molar-refractivity contribution in [1.82, 2.24) is 14.9 Å². The molecule has 1 aromatic carbocycles. The summed E-state index contributed by atoms with van der Waals surface area (Å²) in [6, 6.07) is 13.2. The number of aromatic amines is 1. The van der Waals surface area contributed by atoms with Crippen molar-refractivity contribution in [2.24, 2.45) is 0 Å². The normalized spacial score (nSPS) is 16.5. The number of nitrogens with one attached hydrogen (secondary N) is 1. The molecule has 0 saturated carbocycles. The topological polar surface area (TPSA) is 66.1 Å². The first kappa shape index (κ1) is 20.8. The number of hydrogen-bond donors (Lipinski definition) is 1. The molecule has 1 N–H and O–H groups in total. The van der Waals surface area contributed by atoms with E-state index in [2.05, 4.69) is 9.97 Å². The Balaban J connectivity index is 1.52. The Morgan fingerprint density at radius 2 is 1.87 bits per heavy atom. The number of benzene rings is 1. The van der Waals surface area contributed by atoms with Crippen molar-refractivity contribution >= 4 is 5.91 Å². The fraction of sp³-hybridized carbons (Fsp3) is 0.261. The number of carbonyl (C=O) groups is 1. The third-order valence-corrected chi connectivity index (χ3v) is 5.38. The molecule has 5 nitrogen and oxygen atoms in total. The molecular formula is C23H20F3N3O2. The van der Waals surface area contributed by atoms with Crippen molar-refractivity contribution in [3.05, 3.63) is 99.2 Å². The summed E-state index contributed by atoms with van der Waals surface area (Å²) in [5.41, 5.74) is 1.66. The molecule has 1 fully saturated rings. The summed E-state index contributed by atoms with van der Waals surface area (Å²) < 4.78 is 38.3. The van der Waals surface area contributed by atoms with Crippen molar-refractivity contribution < 1.29 is 18.0 Å². The highest BCUT2D eigenvalue weighted by atomic mass is 19.4. The molecule has 2 aromatic heterocycles. The third-order valence-electron chi connectivity index (χ3n) is 5.38. The lowest BCUT2D eigenvalue weighted by Crippen LogP contribution is -2.31. The number of carbonyl (C=O) groups excluding carboxylic acids is 1. The number of likely N-dealkylation sites (tertiary alicyclic amines) is 1. The largest absolute Gasteiger partial charge is 0.416 e. The molecule has 0 spiro atoms. The molecule has 0 unspecified atom stereocenters. The Morgan fingerprint density at radius 1 is 1.10 bits per heavy atom. The zero-order valence-electron chi connectivity index (χ0n) is 16.5. The summed E-state index contributed by atoms with van der Waals surface area (Å²) in [5.74, 6) is -0.173. The lowest BCUT2D eigenvalue weighted by molar-refractivity contribution is -0.137. The Hall–Kier alpha value is -3.42. The minimum Gasteiger partial charge on any atom is -0.330 e. The number of nitrogens with zero attached hydrogens (tertiary/aromatic N) is 2. The summed E-state index contributed by atoms with van der Waals surface area (Å²) in [4.78, 5) is 33.1. The molecule has 0 radical (unpaired) electrons. The molecule has 3 heterocycles. The standard InChI is InChI=1S/C23H20F3N3O2/c24-23(25,26)17-9-6-15(7-10-17)13-18-3-1-4-19(28-18)20-5-2-12-29(20)22(31)16-8-11-21(30)27-14-16/h1,3-4,6-11,14,20H,2,5,12-13H2,(H,27,30)/t20-/m1/s1. The fourth-order valence-corrected chi connectivity index (χ4v) is 3.83. The monoisotopic (exact) mass is 427 g/mol. The number of H-pyrrole nitrogens is 1. The quantitative estimate of drug-likeness (QED) is 0.673. The maximum absolute atomic E-state index is 12.9. The highest BCUT2D eigenvalue weighted by Gasteiger charge is 2.32. The van der Waals surface area contributed by atoms with Gasteiger partial charge in [-0.2, -0.15) is 13.2 Å². The molecule has 160 valence electrons. The third kappa shape index (κ3) is 4.68. The van der Waals surface area contributed by atoms with Crippen LogP contribution in [0.25, 0.3) is 0 Å². The lowest BCUT2D eigenvalue weighted by atomic mass is 10.0. The van der Waals surface area contributed by atoms with Gasteiger partial charge in [0.05, 0.1) is 22.9 Å². The van der Waals surface area contributed by atoms with Crippen LogP contribution in [0, 0.1) is 0 Å². The predicted octanol–water partition coefficient (Wildman–Crippen LogP) is 4.36. The number of hydrogen-bond acceptors (Lipinski definition) is 3. The maximum atomic E-state index is 12.9. The van der Waals surface area contributed by atoms with Gasteiger partial charge in [-0.3, -0.25) is 14.6 Å².